The molecule has 0 saturated carbocycles. The van der Waals surface area contributed by atoms with Gasteiger partial charge in [0.1, 0.15) is 18.0 Å². The Labute approximate surface area is 196 Å². The van der Waals surface area contributed by atoms with Crippen molar-refractivity contribution in [1.29, 1.82) is 0 Å². The largest absolute Gasteiger partial charge is 0.338 e. The number of hydrogen-bond acceptors (Lipinski definition) is 4. The van der Waals surface area contributed by atoms with Crippen LogP contribution in [0.2, 0.25) is 0 Å². The summed E-state index contributed by atoms with van der Waals surface area (Å²) in [6.07, 6.45) is 0.417. The number of hydrogen-bond donors (Lipinski definition) is 3. The number of aromatic nitrogens is 2. The molecular formula is C25H28FN5O3. The number of fused-ring (bicyclic) bond motifs is 1. The standard InChI is InChI=1S/C25H28FN5O3/c1-25(2,3)22(24(34)28-19-12-13-20(32)27-19)29-23(33)21-17-6-4-5-7-18(17)31(30-21)14-15-8-10-16(26)11-9-15/h4-11,19,22H,12-14H2,1-3H3,(H,27,32)(H,28,34)(H,29,33)/t19?,22-/m1/s1. The van der Waals surface area contributed by atoms with E-state index in [0.717, 1.165) is 11.1 Å². The summed E-state index contributed by atoms with van der Waals surface area (Å²) >= 11 is 0. The highest BCUT2D eigenvalue weighted by Gasteiger charge is 2.36. The van der Waals surface area contributed by atoms with E-state index in [1.165, 1.54) is 12.1 Å². The third-order valence-electron chi connectivity index (χ3n) is 5.83. The lowest BCUT2D eigenvalue weighted by Gasteiger charge is -2.31. The van der Waals surface area contributed by atoms with Crippen LogP contribution in [0.4, 0.5) is 4.39 Å². The fourth-order valence-electron chi connectivity index (χ4n) is 4.03. The van der Waals surface area contributed by atoms with Crippen molar-refractivity contribution in [2.24, 2.45) is 5.41 Å². The van der Waals surface area contributed by atoms with E-state index in [2.05, 4.69) is 21.0 Å². The molecule has 1 saturated heterocycles. The van der Waals surface area contributed by atoms with E-state index in [0.29, 0.717) is 24.8 Å². The molecule has 2 atom stereocenters. The molecule has 0 radical (unpaired) electrons. The molecule has 34 heavy (non-hydrogen) atoms. The van der Waals surface area contributed by atoms with Gasteiger partial charge in [0.15, 0.2) is 5.69 Å². The topological polar surface area (TPSA) is 105 Å². The van der Waals surface area contributed by atoms with E-state index in [1.54, 1.807) is 22.9 Å². The van der Waals surface area contributed by atoms with Crippen molar-refractivity contribution in [3.63, 3.8) is 0 Å². The van der Waals surface area contributed by atoms with Crippen molar-refractivity contribution in [3.05, 3.63) is 65.6 Å². The normalized spacial score (nSPS) is 16.8. The second kappa shape index (κ2) is 9.24. The molecule has 1 aromatic heterocycles. The Balaban J connectivity index is 1.58. The van der Waals surface area contributed by atoms with E-state index in [-0.39, 0.29) is 23.3 Å². The van der Waals surface area contributed by atoms with E-state index < -0.39 is 23.5 Å². The van der Waals surface area contributed by atoms with Crippen molar-refractivity contribution in [3.8, 4) is 0 Å². The van der Waals surface area contributed by atoms with Gasteiger partial charge in [0.2, 0.25) is 11.8 Å². The second-order valence-electron chi connectivity index (χ2n) is 9.59. The molecule has 4 rings (SSSR count). The summed E-state index contributed by atoms with van der Waals surface area (Å²) in [5.74, 6) is -1.28. The number of benzene rings is 2. The summed E-state index contributed by atoms with van der Waals surface area (Å²) in [4.78, 5) is 37.8. The number of carbonyl (C=O) groups is 3. The van der Waals surface area contributed by atoms with Gasteiger partial charge < -0.3 is 16.0 Å². The maximum absolute atomic E-state index is 13.3. The molecule has 0 bridgehead atoms. The fourth-order valence-corrected chi connectivity index (χ4v) is 4.03. The number of carbonyl (C=O) groups excluding carboxylic acids is 3. The second-order valence-corrected chi connectivity index (χ2v) is 9.59. The summed E-state index contributed by atoms with van der Waals surface area (Å²) < 4.78 is 15.0. The Morgan fingerprint density at radius 1 is 1.18 bits per heavy atom. The zero-order valence-corrected chi connectivity index (χ0v) is 19.4. The minimum absolute atomic E-state index is 0.111. The highest BCUT2D eigenvalue weighted by molar-refractivity contribution is 6.06. The van der Waals surface area contributed by atoms with Crippen molar-refractivity contribution < 1.29 is 18.8 Å². The molecule has 178 valence electrons. The summed E-state index contributed by atoms with van der Waals surface area (Å²) in [7, 11) is 0. The lowest BCUT2D eigenvalue weighted by atomic mass is 9.86. The van der Waals surface area contributed by atoms with Crippen molar-refractivity contribution in [2.45, 2.75) is 52.4 Å². The predicted octanol–water partition coefficient (Wildman–Crippen LogP) is 2.72. The van der Waals surface area contributed by atoms with Gasteiger partial charge in [-0.1, -0.05) is 51.1 Å². The monoisotopic (exact) mass is 465 g/mol. The third-order valence-corrected chi connectivity index (χ3v) is 5.83. The van der Waals surface area contributed by atoms with Crippen LogP contribution in [0.3, 0.4) is 0 Å². The summed E-state index contributed by atoms with van der Waals surface area (Å²) in [6.45, 7) is 5.93. The molecule has 8 nitrogen and oxygen atoms in total. The van der Waals surface area contributed by atoms with Crippen LogP contribution < -0.4 is 16.0 Å². The molecule has 0 spiro atoms. The predicted molar refractivity (Wildman–Crippen MR) is 125 cm³/mol. The van der Waals surface area contributed by atoms with Gasteiger partial charge in [-0.05, 0) is 35.6 Å². The first-order valence-corrected chi connectivity index (χ1v) is 11.2. The molecule has 3 aromatic rings. The molecule has 0 aliphatic carbocycles. The molecule has 9 heteroatoms. The first-order chi connectivity index (χ1) is 16.1. The average molecular weight is 466 g/mol. The minimum atomic E-state index is -0.849. The van der Waals surface area contributed by atoms with E-state index in [9.17, 15) is 18.8 Å². The molecule has 1 aliphatic rings. The fraction of sp³-hybridized carbons (Fsp3) is 0.360. The van der Waals surface area contributed by atoms with Gasteiger partial charge in [-0.2, -0.15) is 5.10 Å². The number of halogens is 1. The summed E-state index contributed by atoms with van der Waals surface area (Å²) in [6, 6.07) is 12.6. The quantitative estimate of drug-likeness (QED) is 0.521. The van der Waals surface area contributed by atoms with Crippen LogP contribution >= 0.6 is 0 Å². The number of nitrogens with one attached hydrogen (secondary N) is 3. The molecule has 1 unspecified atom stereocenters. The zero-order chi connectivity index (χ0) is 24.5. The van der Waals surface area contributed by atoms with Crippen LogP contribution in [0.5, 0.6) is 0 Å². The highest BCUT2D eigenvalue weighted by Crippen LogP contribution is 2.23. The van der Waals surface area contributed by atoms with E-state index in [4.69, 9.17) is 0 Å². The first kappa shape index (κ1) is 23.4. The SMILES string of the molecule is CC(C)(C)[C@H](NC(=O)c1nn(Cc2ccc(F)cc2)c2ccccc12)C(=O)NC1CCC(=O)N1. The first-order valence-electron chi connectivity index (χ1n) is 11.2. The average Bonchev–Trinajstić information content (AvgIpc) is 3.36. The Bertz CT molecular complexity index is 1230. The smallest absolute Gasteiger partial charge is 0.273 e. The Kier molecular flexibility index (Phi) is 6.37. The zero-order valence-electron chi connectivity index (χ0n) is 19.4. The van der Waals surface area contributed by atoms with Gasteiger partial charge in [0.25, 0.3) is 5.91 Å². The number of rotatable bonds is 6. The summed E-state index contributed by atoms with van der Waals surface area (Å²) in [5.41, 5.74) is 1.21. The van der Waals surface area contributed by atoms with Crippen LogP contribution in [-0.2, 0) is 16.1 Å². The van der Waals surface area contributed by atoms with Gasteiger partial charge in [0, 0.05) is 11.8 Å². The molecule has 2 heterocycles. The van der Waals surface area contributed by atoms with Crippen LogP contribution in [0.25, 0.3) is 10.9 Å². The van der Waals surface area contributed by atoms with Crippen LogP contribution in [-0.4, -0.2) is 39.7 Å². The van der Waals surface area contributed by atoms with E-state index in [1.807, 2.05) is 39.0 Å². The number of amides is 3. The van der Waals surface area contributed by atoms with Gasteiger partial charge in [0.05, 0.1) is 12.1 Å². The molecular weight excluding hydrogens is 437 g/mol. The summed E-state index contributed by atoms with van der Waals surface area (Å²) in [5, 5.41) is 13.6. The van der Waals surface area contributed by atoms with Gasteiger partial charge in [-0.3, -0.25) is 19.1 Å². The van der Waals surface area contributed by atoms with Crippen LogP contribution in [0.1, 0.15) is 49.7 Å². The lowest BCUT2D eigenvalue weighted by molar-refractivity contribution is -0.126. The Morgan fingerprint density at radius 2 is 1.88 bits per heavy atom. The maximum atomic E-state index is 13.3. The maximum Gasteiger partial charge on any atom is 0.273 e. The van der Waals surface area contributed by atoms with Crippen molar-refractivity contribution in [1.82, 2.24) is 25.7 Å². The van der Waals surface area contributed by atoms with Gasteiger partial charge in [-0.15, -0.1) is 0 Å². The van der Waals surface area contributed by atoms with Crippen LogP contribution in [0, 0.1) is 11.2 Å². The molecule has 3 amide bonds. The molecule has 1 aliphatic heterocycles. The van der Waals surface area contributed by atoms with Crippen molar-refractivity contribution in [2.75, 3.05) is 0 Å². The van der Waals surface area contributed by atoms with Gasteiger partial charge >= 0.3 is 0 Å². The van der Waals surface area contributed by atoms with Crippen molar-refractivity contribution >= 4 is 28.6 Å². The van der Waals surface area contributed by atoms with E-state index >= 15 is 0 Å². The van der Waals surface area contributed by atoms with Crippen LogP contribution in [0.15, 0.2) is 48.5 Å². The Hall–Kier alpha value is -3.75. The minimum Gasteiger partial charge on any atom is -0.338 e. The van der Waals surface area contributed by atoms with Gasteiger partial charge in [-0.25, -0.2) is 4.39 Å². The third kappa shape index (κ3) is 5.08. The molecule has 1 fully saturated rings. The lowest BCUT2D eigenvalue weighted by Crippen LogP contribution is -2.57. The molecule has 2 aromatic carbocycles. The number of para-hydroxylation sites is 1. The highest BCUT2D eigenvalue weighted by atomic mass is 19.1. The number of nitrogens with zero attached hydrogens (tertiary/aromatic N) is 2. The molecule has 3 N–H and O–H groups in total. The Morgan fingerprint density at radius 3 is 2.53 bits per heavy atom.